The second-order valence-corrected chi connectivity index (χ2v) is 11.0. The molecule has 0 amide bonds. The maximum Gasteiger partial charge on any atom is 0.0761 e. The number of fused-ring (bicyclic) bond motifs is 1. The van der Waals surface area contributed by atoms with Crippen molar-refractivity contribution in [3.8, 4) is 0 Å². The summed E-state index contributed by atoms with van der Waals surface area (Å²) in [6.45, 7) is 5.92. The molecule has 1 saturated heterocycles. The Labute approximate surface area is 192 Å². The maximum absolute atomic E-state index is 10.6. The molecule has 0 bridgehead atoms. The van der Waals surface area contributed by atoms with Crippen LogP contribution in [0.4, 0.5) is 0 Å². The molecule has 1 aromatic carbocycles. The number of hydrogen-bond acceptors (Lipinski definition) is 4. The average molecular weight is 442 g/mol. The molecule has 5 atom stereocenters. The predicted molar refractivity (Wildman–Crippen MR) is 131 cm³/mol. The number of allylic oxidation sites excluding steroid dienone is 2. The van der Waals surface area contributed by atoms with Crippen LogP contribution in [0.3, 0.4) is 0 Å². The third kappa shape index (κ3) is 6.47. The van der Waals surface area contributed by atoms with Gasteiger partial charge in [-0.2, -0.15) is 11.8 Å². The highest BCUT2D eigenvalue weighted by molar-refractivity contribution is 7.99. The molecular weight excluding hydrogens is 402 g/mol. The first-order chi connectivity index (χ1) is 15.1. The van der Waals surface area contributed by atoms with Crippen molar-refractivity contribution < 1.29 is 10.2 Å². The molecule has 1 heterocycles. The summed E-state index contributed by atoms with van der Waals surface area (Å²) in [4.78, 5) is 2.60. The molecule has 31 heavy (non-hydrogen) atoms. The molecule has 4 heteroatoms. The number of likely N-dealkylation sites (tertiary alicyclic amines) is 1. The van der Waals surface area contributed by atoms with Crippen molar-refractivity contribution in [2.45, 2.75) is 57.7 Å². The van der Waals surface area contributed by atoms with Crippen LogP contribution in [0.5, 0.6) is 0 Å². The Morgan fingerprint density at radius 2 is 2.06 bits per heavy atom. The number of thioether (sulfide) groups is 1. The standard InChI is InChI=1S/C27H39NO2S/c1-20-5-4-6-21(15-20)17-24(29)7-8-25-26-18-22(16-23(26)19-27(25)30)9-13-31-14-12-28-10-2-3-11-28/h4-8,15-16,23-27,29-30H,2-3,9-14,17-19H2,1H3/b8-7+/t23-,24+,25+,26-,27+/m0/s1. The summed E-state index contributed by atoms with van der Waals surface area (Å²) < 4.78 is 0. The van der Waals surface area contributed by atoms with E-state index in [0.29, 0.717) is 18.3 Å². The molecule has 2 N–H and O–H groups in total. The van der Waals surface area contributed by atoms with Crippen LogP contribution in [0.2, 0.25) is 0 Å². The lowest BCUT2D eigenvalue weighted by molar-refractivity contribution is 0.140. The van der Waals surface area contributed by atoms with Crippen LogP contribution < -0.4 is 0 Å². The molecule has 0 spiro atoms. The van der Waals surface area contributed by atoms with Gasteiger partial charge >= 0.3 is 0 Å². The third-order valence-electron chi connectivity index (χ3n) is 7.35. The number of benzene rings is 1. The summed E-state index contributed by atoms with van der Waals surface area (Å²) in [5.41, 5.74) is 3.98. The first kappa shape index (κ1) is 23.1. The topological polar surface area (TPSA) is 43.7 Å². The fraction of sp³-hybridized carbons (Fsp3) is 0.630. The van der Waals surface area contributed by atoms with Crippen LogP contribution in [-0.2, 0) is 6.42 Å². The van der Waals surface area contributed by atoms with Gasteiger partial charge in [-0.15, -0.1) is 0 Å². The Bertz CT molecular complexity index is 770. The Morgan fingerprint density at radius 3 is 2.87 bits per heavy atom. The summed E-state index contributed by atoms with van der Waals surface area (Å²) >= 11 is 2.09. The molecule has 170 valence electrons. The Balaban J connectivity index is 1.20. The largest absolute Gasteiger partial charge is 0.392 e. The van der Waals surface area contributed by atoms with Gasteiger partial charge in [-0.05, 0) is 75.3 Å². The van der Waals surface area contributed by atoms with E-state index in [0.717, 1.165) is 18.4 Å². The lowest BCUT2D eigenvalue weighted by Gasteiger charge is -2.19. The van der Waals surface area contributed by atoms with Gasteiger partial charge < -0.3 is 15.1 Å². The quantitative estimate of drug-likeness (QED) is 0.411. The number of aliphatic hydroxyl groups excluding tert-OH is 2. The molecule has 0 radical (unpaired) electrons. The van der Waals surface area contributed by atoms with Gasteiger partial charge in [0.15, 0.2) is 0 Å². The summed E-state index contributed by atoms with van der Waals surface area (Å²) in [6.07, 6.45) is 12.3. The highest BCUT2D eigenvalue weighted by atomic mass is 32.2. The van der Waals surface area contributed by atoms with Crippen molar-refractivity contribution in [2.75, 3.05) is 31.1 Å². The molecule has 0 unspecified atom stereocenters. The van der Waals surface area contributed by atoms with E-state index in [-0.39, 0.29) is 12.0 Å². The zero-order valence-corrected chi connectivity index (χ0v) is 19.8. The molecule has 4 rings (SSSR count). The van der Waals surface area contributed by atoms with Crippen LogP contribution in [0, 0.1) is 24.7 Å². The highest BCUT2D eigenvalue weighted by Crippen LogP contribution is 2.48. The second-order valence-electron chi connectivity index (χ2n) is 9.79. The van der Waals surface area contributed by atoms with Crippen molar-refractivity contribution in [3.05, 3.63) is 59.2 Å². The molecule has 1 aliphatic heterocycles. The van der Waals surface area contributed by atoms with Gasteiger partial charge in [0.25, 0.3) is 0 Å². The van der Waals surface area contributed by atoms with Crippen LogP contribution in [-0.4, -0.2) is 58.5 Å². The normalized spacial score (nSPS) is 29.6. The number of rotatable bonds is 10. The lowest BCUT2D eigenvalue weighted by Crippen LogP contribution is -2.22. The minimum atomic E-state index is -0.492. The number of aryl methyl sites for hydroxylation is 1. The Hall–Kier alpha value is -1.07. The van der Waals surface area contributed by atoms with E-state index in [4.69, 9.17) is 0 Å². The third-order valence-corrected chi connectivity index (χ3v) is 8.31. The van der Waals surface area contributed by atoms with Gasteiger partial charge in [0.2, 0.25) is 0 Å². The molecule has 0 aromatic heterocycles. The average Bonchev–Trinajstić information content (AvgIpc) is 3.43. The molecule has 3 nitrogen and oxygen atoms in total. The van der Waals surface area contributed by atoms with Crippen molar-refractivity contribution in [3.63, 3.8) is 0 Å². The van der Waals surface area contributed by atoms with E-state index in [2.05, 4.69) is 53.9 Å². The van der Waals surface area contributed by atoms with Crippen LogP contribution >= 0.6 is 11.8 Å². The van der Waals surface area contributed by atoms with Crippen molar-refractivity contribution in [1.29, 1.82) is 0 Å². The van der Waals surface area contributed by atoms with Gasteiger partial charge in [-0.25, -0.2) is 0 Å². The Kier molecular flexibility index (Phi) is 8.33. The molecule has 3 aliphatic rings. The first-order valence-electron chi connectivity index (χ1n) is 12.2. The minimum absolute atomic E-state index is 0.175. The monoisotopic (exact) mass is 441 g/mol. The fourth-order valence-electron chi connectivity index (χ4n) is 5.70. The summed E-state index contributed by atoms with van der Waals surface area (Å²) in [5, 5.41) is 21.1. The molecule has 2 fully saturated rings. The van der Waals surface area contributed by atoms with E-state index in [1.165, 1.54) is 56.0 Å². The number of aliphatic hydroxyl groups is 2. The lowest BCUT2D eigenvalue weighted by atomic mass is 9.88. The summed E-state index contributed by atoms with van der Waals surface area (Å²) in [6, 6.07) is 8.33. The van der Waals surface area contributed by atoms with E-state index in [1.807, 2.05) is 12.1 Å². The van der Waals surface area contributed by atoms with Gasteiger partial charge in [-0.3, -0.25) is 0 Å². The second kappa shape index (κ2) is 11.2. The van der Waals surface area contributed by atoms with E-state index in [1.54, 1.807) is 5.57 Å². The van der Waals surface area contributed by atoms with Crippen LogP contribution in [0.15, 0.2) is 48.1 Å². The summed E-state index contributed by atoms with van der Waals surface area (Å²) in [7, 11) is 0. The first-order valence-corrected chi connectivity index (χ1v) is 13.3. The van der Waals surface area contributed by atoms with Crippen LogP contribution in [0.1, 0.15) is 43.2 Å². The highest BCUT2D eigenvalue weighted by Gasteiger charge is 2.43. The van der Waals surface area contributed by atoms with E-state index in [9.17, 15) is 10.2 Å². The minimum Gasteiger partial charge on any atom is -0.392 e. The van der Waals surface area contributed by atoms with Gasteiger partial charge in [0.1, 0.15) is 0 Å². The van der Waals surface area contributed by atoms with Crippen LogP contribution in [0.25, 0.3) is 0 Å². The SMILES string of the molecule is Cc1cccc(C[C@H](O)/C=C/[C@@H]2[C@H]3CC(CCSCCN4CCCC4)=C[C@H]3C[C@H]2O)c1. The van der Waals surface area contributed by atoms with Crippen molar-refractivity contribution in [1.82, 2.24) is 4.90 Å². The van der Waals surface area contributed by atoms with Gasteiger partial charge in [0, 0.05) is 24.6 Å². The molecular formula is C27H39NO2S. The smallest absolute Gasteiger partial charge is 0.0761 e. The van der Waals surface area contributed by atoms with E-state index < -0.39 is 6.10 Å². The fourth-order valence-corrected chi connectivity index (χ4v) is 6.70. The van der Waals surface area contributed by atoms with Gasteiger partial charge in [0.05, 0.1) is 12.2 Å². The van der Waals surface area contributed by atoms with E-state index >= 15 is 0 Å². The molecule has 1 saturated carbocycles. The number of hydrogen-bond donors (Lipinski definition) is 2. The molecule has 2 aliphatic carbocycles. The zero-order chi connectivity index (χ0) is 21.6. The van der Waals surface area contributed by atoms with Crippen molar-refractivity contribution in [2.24, 2.45) is 17.8 Å². The van der Waals surface area contributed by atoms with Gasteiger partial charge in [-0.1, -0.05) is 53.6 Å². The molecule has 1 aromatic rings. The zero-order valence-electron chi connectivity index (χ0n) is 19.0. The number of nitrogens with zero attached hydrogens (tertiary/aromatic N) is 1. The Morgan fingerprint density at radius 1 is 1.23 bits per heavy atom. The maximum atomic E-state index is 10.6. The summed E-state index contributed by atoms with van der Waals surface area (Å²) in [5.74, 6) is 3.68. The van der Waals surface area contributed by atoms with Crippen molar-refractivity contribution >= 4 is 11.8 Å². The predicted octanol–water partition coefficient (Wildman–Crippen LogP) is 4.62.